The Hall–Kier alpha value is -2.85. The fourth-order valence-corrected chi connectivity index (χ4v) is 4.09. The summed E-state index contributed by atoms with van der Waals surface area (Å²) in [4.78, 5) is 13.2. The normalized spacial score (nSPS) is 18.4. The predicted molar refractivity (Wildman–Crippen MR) is 119 cm³/mol. The number of aliphatic hydroxyl groups excluding tert-OH is 1. The highest BCUT2D eigenvalue weighted by molar-refractivity contribution is 6.36. The molecular formula is C24H21ClF3NO5. The van der Waals surface area contributed by atoms with E-state index in [4.69, 9.17) is 21.1 Å². The van der Waals surface area contributed by atoms with Gasteiger partial charge in [-0.3, -0.25) is 4.79 Å². The molecule has 1 aliphatic heterocycles. The summed E-state index contributed by atoms with van der Waals surface area (Å²) in [5.74, 6) is -0.493. The number of aliphatic hydroxyl groups is 2. The van der Waals surface area contributed by atoms with Crippen molar-refractivity contribution in [3.63, 3.8) is 0 Å². The highest BCUT2D eigenvalue weighted by atomic mass is 35.5. The minimum absolute atomic E-state index is 0.0440. The first-order valence-corrected chi connectivity index (χ1v) is 10.7. The molecule has 0 aromatic heterocycles. The Morgan fingerprint density at radius 3 is 2.41 bits per heavy atom. The Kier molecular flexibility index (Phi) is 6.73. The second-order valence-corrected chi connectivity index (χ2v) is 8.46. The number of fused-ring (bicyclic) bond motifs is 1. The first-order chi connectivity index (χ1) is 16.1. The van der Waals surface area contributed by atoms with Crippen LogP contribution in [0.25, 0.3) is 10.8 Å². The predicted octanol–water partition coefficient (Wildman–Crippen LogP) is 4.29. The molecule has 34 heavy (non-hydrogen) atoms. The number of hydrogen-bond acceptors (Lipinski definition) is 5. The molecule has 0 bridgehead atoms. The minimum atomic E-state index is -4.45. The van der Waals surface area contributed by atoms with Gasteiger partial charge in [0.2, 0.25) is 0 Å². The van der Waals surface area contributed by atoms with Gasteiger partial charge in [0.25, 0.3) is 5.91 Å². The van der Waals surface area contributed by atoms with Crippen LogP contribution in [-0.4, -0.2) is 41.2 Å². The fourth-order valence-electron chi connectivity index (χ4n) is 3.82. The number of ether oxygens (including phenoxy) is 2. The van der Waals surface area contributed by atoms with Gasteiger partial charge in [0.05, 0.1) is 17.7 Å². The number of carbonyl (C=O) groups is 1. The third kappa shape index (κ3) is 4.83. The quantitative estimate of drug-likeness (QED) is 0.444. The van der Waals surface area contributed by atoms with E-state index in [0.717, 1.165) is 12.1 Å². The van der Waals surface area contributed by atoms with E-state index in [1.165, 1.54) is 18.2 Å². The zero-order chi connectivity index (χ0) is 24.5. The molecule has 0 saturated carbocycles. The summed E-state index contributed by atoms with van der Waals surface area (Å²) in [6.45, 7) is 0.0496. The van der Waals surface area contributed by atoms with E-state index in [1.54, 1.807) is 24.3 Å². The second kappa shape index (κ2) is 9.42. The molecule has 0 aliphatic carbocycles. The van der Waals surface area contributed by atoms with Gasteiger partial charge < -0.3 is 25.0 Å². The number of amides is 1. The lowest BCUT2D eigenvalue weighted by Gasteiger charge is -2.30. The van der Waals surface area contributed by atoms with E-state index in [9.17, 15) is 28.2 Å². The minimum Gasteiger partial charge on any atom is -0.487 e. The molecule has 4 rings (SSSR count). The number of halogens is 4. The molecule has 0 spiro atoms. The van der Waals surface area contributed by atoms with E-state index in [2.05, 4.69) is 5.32 Å². The number of benzene rings is 3. The number of carbonyl (C=O) groups excluding carboxylic acids is 1. The molecule has 1 amide bonds. The number of hydrogen-bond donors (Lipinski definition) is 3. The van der Waals surface area contributed by atoms with E-state index < -0.39 is 29.5 Å². The highest BCUT2D eigenvalue weighted by Gasteiger charge is 2.43. The lowest BCUT2D eigenvalue weighted by molar-refractivity contribution is -0.137. The van der Waals surface area contributed by atoms with Crippen molar-refractivity contribution in [2.24, 2.45) is 0 Å². The van der Waals surface area contributed by atoms with Crippen molar-refractivity contribution in [1.82, 2.24) is 5.32 Å². The summed E-state index contributed by atoms with van der Waals surface area (Å²) in [5, 5.41) is 23.8. The van der Waals surface area contributed by atoms with Crippen molar-refractivity contribution >= 4 is 28.3 Å². The molecule has 1 heterocycles. The Morgan fingerprint density at radius 1 is 1.15 bits per heavy atom. The van der Waals surface area contributed by atoms with Gasteiger partial charge in [-0.15, -0.1) is 0 Å². The first-order valence-electron chi connectivity index (χ1n) is 10.4. The molecule has 6 nitrogen and oxygen atoms in total. The van der Waals surface area contributed by atoms with Gasteiger partial charge in [0, 0.05) is 28.8 Å². The van der Waals surface area contributed by atoms with Crippen LogP contribution in [0.2, 0.25) is 5.02 Å². The molecule has 10 heteroatoms. The van der Waals surface area contributed by atoms with E-state index in [1.807, 2.05) is 0 Å². The standard InChI is InChI=1S/C24H21ClF3NO5/c25-19-11-18(21(30)29-23(22(31)32)9-10-33-13-23)20(17-4-2-1-3-16(17)19)34-12-14-5-7-15(8-6-14)24(26,27)28/h1-8,11,22,31-32H,9-10,12-13H2,(H,29,30)/t23-/m1/s1. The summed E-state index contributed by atoms with van der Waals surface area (Å²) in [6, 6.07) is 12.9. The molecular weight excluding hydrogens is 475 g/mol. The monoisotopic (exact) mass is 495 g/mol. The molecule has 1 fully saturated rings. The van der Waals surface area contributed by atoms with Crippen LogP contribution in [0.1, 0.15) is 27.9 Å². The van der Waals surface area contributed by atoms with Gasteiger partial charge in [-0.05, 0) is 23.8 Å². The maximum Gasteiger partial charge on any atom is 0.416 e. The summed E-state index contributed by atoms with van der Waals surface area (Å²) >= 11 is 6.40. The molecule has 1 aliphatic rings. The van der Waals surface area contributed by atoms with Crippen LogP contribution < -0.4 is 10.1 Å². The van der Waals surface area contributed by atoms with Crippen molar-refractivity contribution in [2.45, 2.75) is 31.0 Å². The van der Waals surface area contributed by atoms with Crippen LogP contribution in [0, 0.1) is 0 Å². The van der Waals surface area contributed by atoms with Gasteiger partial charge in [-0.1, -0.05) is 48.0 Å². The summed E-state index contributed by atoms with van der Waals surface area (Å²) < 4.78 is 49.7. The Morgan fingerprint density at radius 2 is 1.82 bits per heavy atom. The number of alkyl halides is 3. The van der Waals surface area contributed by atoms with Crippen LogP contribution in [0.4, 0.5) is 13.2 Å². The fraction of sp³-hybridized carbons (Fsp3) is 0.292. The zero-order valence-corrected chi connectivity index (χ0v) is 18.5. The third-order valence-electron chi connectivity index (χ3n) is 5.76. The molecule has 3 N–H and O–H groups in total. The van der Waals surface area contributed by atoms with Gasteiger partial charge in [-0.2, -0.15) is 13.2 Å². The van der Waals surface area contributed by atoms with Gasteiger partial charge >= 0.3 is 6.18 Å². The molecule has 1 atom stereocenters. The molecule has 1 saturated heterocycles. The van der Waals surface area contributed by atoms with Crippen LogP contribution >= 0.6 is 11.6 Å². The average molecular weight is 496 g/mol. The van der Waals surface area contributed by atoms with Crippen molar-refractivity contribution in [3.8, 4) is 5.75 Å². The molecule has 0 radical (unpaired) electrons. The Balaban J connectivity index is 1.68. The van der Waals surface area contributed by atoms with Crippen molar-refractivity contribution < 1.29 is 37.7 Å². The number of rotatable bonds is 6. The Labute approximate surface area is 197 Å². The Bertz CT molecular complexity index is 1190. The van der Waals surface area contributed by atoms with E-state index in [0.29, 0.717) is 16.3 Å². The van der Waals surface area contributed by atoms with Gasteiger partial charge in [0.15, 0.2) is 6.29 Å². The zero-order valence-electron chi connectivity index (χ0n) is 17.7. The summed E-state index contributed by atoms with van der Waals surface area (Å²) in [5.41, 5.74) is -1.66. The average Bonchev–Trinajstić information content (AvgIpc) is 3.28. The lowest BCUT2D eigenvalue weighted by atomic mass is 9.96. The van der Waals surface area contributed by atoms with Crippen LogP contribution in [0.15, 0.2) is 54.6 Å². The number of nitrogens with one attached hydrogen (secondary N) is 1. The molecule has 3 aromatic rings. The molecule has 180 valence electrons. The molecule has 3 aromatic carbocycles. The molecule has 0 unspecified atom stereocenters. The first kappa shape index (κ1) is 24.3. The van der Waals surface area contributed by atoms with Crippen LogP contribution in [0.3, 0.4) is 0 Å². The largest absolute Gasteiger partial charge is 0.487 e. The van der Waals surface area contributed by atoms with E-state index in [-0.39, 0.29) is 42.6 Å². The maximum atomic E-state index is 13.2. The van der Waals surface area contributed by atoms with Crippen molar-refractivity contribution in [1.29, 1.82) is 0 Å². The van der Waals surface area contributed by atoms with Gasteiger partial charge in [-0.25, -0.2) is 0 Å². The second-order valence-electron chi connectivity index (χ2n) is 8.05. The topological polar surface area (TPSA) is 88.0 Å². The van der Waals surface area contributed by atoms with Crippen LogP contribution in [0.5, 0.6) is 5.75 Å². The lowest BCUT2D eigenvalue weighted by Crippen LogP contribution is -2.57. The smallest absolute Gasteiger partial charge is 0.416 e. The SMILES string of the molecule is O=C(N[C@]1(C(O)O)CCOC1)c1cc(Cl)c2ccccc2c1OCc1ccc(C(F)(F)F)cc1. The maximum absolute atomic E-state index is 13.2. The highest BCUT2D eigenvalue weighted by Crippen LogP contribution is 2.37. The van der Waals surface area contributed by atoms with Crippen molar-refractivity contribution in [2.75, 3.05) is 13.2 Å². The van der Waals surface area contributed by atoms with Crippen LogP contribution in [-0.2, 0) is 17.5 Å². The summed E-state index contributed by atoms with van der Waals surface area (Å²) in [6.07, 6.45) is -6.11. The van der Waals surface area contributed by atoms with E-state index >= 15 is 0 Å². The van der Waals surface area contributed by atoms with Gasteiger partial charge in [0.1, 0.15) is 17.9 Å². The third-order valence-corrected chi connectivity index (χ3v) is 6.08. The van der Waals surface area contributed by atoms with Crippen molar-refractivity contribution in [3.05, 3.63) is 76.3 Å². The summed E-state index contributed by atoms with van der Waals surface area (Å²) in [7, 11) is 0.